The fourth-order valence-corrected chi connectivity index (χ4v) is 3.01. The van der Waals surface area contributed by atoms with E-state index >= 15 is 0 Å². The van der Waals surface area contributed by atoms with E-state index in [1.807, 2.05) is 18.2 Å². The van der Waals surface area contributed by atoms with Crippen molar-refractivity contribution in [3.63, 3.8) is 0 Å². The zero-order valence-corrected chi connectivity index (χ0v) is 12.5. The predicted molar refractivity (Wildman–Crippen MR) is 82.1 cm³/mol. The molecule has 1 fully saturated rings. The molecule has 0 bridgehead atoms. The van der Waals surface area contributed by atoms with Crippen LogP contribution in [0.3, 0.4) is 0 Å². The topological polar surface area (TPSA) is 87.8 Å². The Balaban J connectivity index is 1.65. The van der Waals surface area contributed by atoms with Crippen LogP contribution in [0.15, 0.2) is 34.9 Å². The summed E-state index contributed by atoms with van der Waals surface area (Å²) in [4.78, 5) is 36.9. The number of amides is 1. The second kappa shape index (κ2) is 6.24. The van der Waals surface area contributed by atoms with Gasteiger partial charge in [0.1, 0.15) is 6.04 Å². The van der Waals surface area contributed by atoms with Gasteiger partial charge in [0.25, 0.3) is 0 Å². The Labute approximate surface area is 132 Å². The quantitative estimate of drug-likeness (QED) is 0.856. The lowest BCUT2D eigenvalue weighted by Gasteiger charge is -2.21. The Bertz CT molecular complexity index is 763. The van der Waals surface area contributed by atoms with Crippen LogP contribution in [0, 0.1) is 0 Å². The molecule has 6 heteroatoms. The van der Waals surface area contributed by atoms with Crippen molar-refractivity contribution in [2.24, 2.45) is 0 Å². The molecule has 1 aromatic carbocycles. The number of hydrogen-bond acceptors (Lipinski definition) is 4. The van der Waals surface area contributed by atoms with Crippen LogP contribution in [0.1, 0.15) is 36.2 Å². The van der Waals surface area contributed by atoms with E-state index in [1.54, 1.807) is 6.07 Å². The highest BCUT2D eigenvalue weighted by Gasteiger charge is 2.33. The maximum Gasteiger partial charge on any atom is 0.326 e. The number of carbonyl (C=O) groups excluding carboxylic acids is 2. The Kier molecular flexibility index (Phi) is 4.14. The fourth-order valence-electron chi connectivity index (χ4n) is 3.01. The molecule has 0 aliphatic carbocycles. The smallest absolute Gasteiger partial charge is 0.326 e. The third kappa shape index (κ3) is 2.97. The van der Waals surface area contributed by atoms with E-state index in [0.717, 1.165) is 10.8 Å². The SMILES string of the molecule is O=C(CCC(=O)N1CCC[C@H]1C(=O)O)c1occ2ccccc12. The van der Waals surface area contributed by atoms with E-state index in [4.69, 9.17) is 9.52 Å². The van der Waals surface area contributed by atoms with Gasteiger partial charge in [-0.3, -0.25) is 9.59 Å². The predicted octanol–water partition coefficient (Wildman–Crippen LogP) is 2.47. The van der Waals surface area contributed by atoms with Gasteiger partial charge in [0.15, 0.2) is 11.5 Å². The average molecular weight is 315 g/mol. The van der Waals surface area contributed by atoms with Crippen molar-refractivity contribution in [2.45, 2.75) is 31.7 Å². The molecule has 3 rings (SSSR count). The maximum atomic E-state index is 12.3. The van der Waals surface area contributed by atoms with Gasteiger partial charge in [-0.25, -0.2) is 4.79 Å². The molecule has 6 nitrogen and oxygen atoms in total. The number of nitrogens with zero attached hydrogens (tertiary/aromatic N) is 1. The molecule has 0 spiro atoms. The van der Waals surface area contributed by atoms with Gasteiger partial charge in [-0.2, -0.15) is 0 Å². The summed E-state index contributed by atoms with van der Waals surface area (Å²) in [6.45, 7) is 0.438. The summed E-state index contributed by atoms with van der Waals surface area (Å²) in [5, 5.41) is 10.7. The van der Waals surface area contributed by atoms with Gasteiger partial charge in [-0.15, -0.1) is 0 Å². The van der Waals surface area contributed by atoms with E-state index < -0.39 is 12.0 Å². The van der Waals surface area contributed by atoms with E-state index in [1.165, 1.54) is 11.2 Å². The summed E-state index contributed by atoms with van der Waals surface area (Å²) in [5.41, 5.74) is 0. The normalized spacial score (nSPS) is 17.6. The van der Waals surface area contributed by atoms with Crippen molar-refractivity contribution in [1.82, 2.24) is 4.90 Å². The molecular weight excluding hydrogens is 298 g/mol. The van der Waals surface area contributed by atoms with Gasteiger partial charge in [-0.05, 0) is 12.8 Å². The van der Waals surface area contributed by atoms with E-state index in [2.05, 4.69) is 0 Å². The molecule has 2 aromatic rings. The van der Waals surface area contributed by atoms with Crippen LogP contribution in [-0.4, -0.2) is 40.3 Å². The van der Waals surface area contributed by atoms with Crippen molar-refractivity contribution in [1.29, 1.82) is 0 Å². The first-order valence-electron chi connectivity index (χ1n) is 7.59. The van der Waals surface area contributed by atoms with Crippen LogP contribution in [0.2, 0.25) is 0 Å². The van der Waals surface area contributed by atoms with E-state index in [9.17, 15) is 14.4 Å². The minimum absolute atomic E-state index is 0.00234. The molecule has 1 aromatic heterocycles. The first kappa shape index (κ1) is 15.3. The molecule has 1 aliphatic heterocycles. The highest BCUT2D eigenvalue weighted by atomic mass is 16.4. The molecule has 1 atom stereocenters. The van der Waals surface area contributed by atoms with Gasteiger partial charge in [0.2, 0.25) is 5.91 Å². The maximum absolute atomic E-state index is 12.3. The van der Waals surface area contributed by atoms with Gasteiger partial charge in [-0.1, -0.05) is 24.3 Å². The fraction of sp³-hybridized carbons (Fsp3) is 0.353. The number of benzene rings is 1. The summed E-state index contributed by atoms with van der Waals surface area (Å²) in [5.74, 6) is -1.27. The highest BCUT2D eigenvalue weighted by Crippen LogP contribution is 2.23. The van der Waals surface area contributed by atoms with Gasteiger partial charge < -0.3 is 14.4 Å². The van der Waals surface area contributed by atoms with Gasteiger partial charge >= 0.3 is 5.97 Å². The van der Waals surface area contributed by atoms with Crippen LogP contribution in [-0.2, 0) is 9.59 Å². The number of carboxylic acids is 1. The lowest BCUT2D eigenvalue weighted by Crippen LogP contribution is -2.40. The molecule has 1 saturated heterocycles. The van der Waals surface area contributed by atoms with E-state index in [-0.39, 0.29) is 30.3 Å². The molecule has 0 radical (unpaired) electrons. The highest BCUT2D eigenvalue weighted by molar-refractivity contribution is 6.06. The second-order valence-corrected chi connectivity index (χ2v) is 5.66. The number of carboxylic acid groups (broad SMARTS) is 1. The minimum Gasteiger partial charge on any atom is -0.480 e. The van der Waals surface area contributed by atoms with Crippen LogP contribution in [0.25, 0.3) is 10.8 Å². The van der Waals surface area contributed by atoms with Gasteiger partial charge in [0.05, 0.1) is 6.26 Å². The number of likely N-dealkylation sites (tertiary alicyclic amines) is 1. The molecule has 0 saturated carbocycles. The summed E-state index contributed by atoms with van der Waals surface area (Å²) < 4.78 is 5.33. The standard InChI is InChI=1S/C17H17NO5/c19-14(16-12-5-2-1-4-11(12)10-23-16)7-8-15(20)18-9-3-6-13(18)17(21)22/h1-2,4-5,10,13H,3,6-9H2,(H,21,22)/t13-/m0/s1. The number of furan rings is 1. The molecular formula is C17H17NO5. The lowest BCUT2D eigenvalue weighted by atomic mass is 10.1. The van der Waals surface area contributed by atoms with Crippen LogP contribution >= 0.6 is 0 Å². The van der Waals surface area contributed by atoms with Crippen molar-refractivity contribution in [3.8, 4) is 0 Å². The molecule has 1 amide bonds. The number of aliphatic carboxylic acids is 1. The molecule has 1 N–H and O–H groups in total. The number of rotatable bonds is 5. The van der Waals surface area contributed by atoms with Crippen LogP contribution in [0.5, 0.6) is 0 Å². The summed E-state index contributed by atoms with van der Waals surface area (Å²) in [6.07, 6.45) is 2.68. The summed E-state index contributed by atoms with van der Waals surface area (Å²) in [7, 11) is 0. The Hall–Kier alpha value is -2.63. The van der Waals surface area contributed by atoms with Crippen molar-refractivity contribution in [2.75, 3.05) is 6.54 Å². The number of Topliss-reactive ketones (excluding diaryl/α,β-unsaturated/α-hetero) is 1. The monoisotopic (exact) mass is 315 g/mol. The molecule has 23 heavy (non-hydrogen) atoms. The Morgan fingerprint density at radius 1 is 1.22 bits per heavy atom. The summed E-state index contributed by atoms with van der Waals surface area (Å²) in [6, 6.07) is 6.57. The average Bonchev–Trinajstić information content (AvgIpc) is 3.18. The van der Waals surface area contributed by atoms with Crippen LogP contribution < -0.4 is 0 Å². The Morgan fingerprint density at radius 3 is 2.78 bits per heavy atom. The minimum atomic E-state index is -0.987. The summed E-state index contributed by atoms with van der Waals surface area (Å²) >= 11 is 0. The van der Waals surface area contributed by atoms with Crippen LogP contribution in [0.4, 0.5) is 0 Å². The Morgan fingerprint density at radius 2 is 2.00 bits per heavy atom. The zero-order valence-electron chi connectivity index (χ0n) is 12.5. The number of carbonyl (C=O) groups is 3. The molecule has 1 aliphatic rings. The number of fused-ring (bicyclic) bond motifs is 1. The molecule has 0 unspecified atom stereocenters. The third-order valence-electron chi connectivity index (χ3n) is 4.19. The lowest BCUT2D eigenvalue weighted by molar-refractivity contribution is -0.148. The van der Waals surface area contributed by atoms with Crippen molar-refractivity contribution >= 4 is 28.4 Å². The number of ketones is 1. The largest absolute Gasteiger partial charge is 0.480 e. The first-order chi connectivity index (χ1) is 11.1. The zero-order chi connectivity index (χ0) is 16.4. The van der Waals surface area contributed by atoms with E-state index in [0.29, 0.717) is 19.4 Å². The number of hydrogen-bond donors (Lipinski definition) is 1. The third-order valence-corrected chi connectivity index (χ3v) is 4.19. The second-order valence-electron chi connectivity index (χ2n) is 5.66. The van der Waals surface area contributed by atoms with Crippen molar-refractivity contribution < 1.29 is 23.9 Å². The molecule has 120 valence electrons. The first-order valence-corrected chi connectivity index (χ1v) is 7.59. The van der Waals surface area contributed by atoms with Crippen molar-refractivity contribution in [3.05, 3.63) is 36.3 Å². The molecule has 2 heterocycles. The van der Waals surface area contributed by atoms with Gasteiger partial charge in [0, 0.05) is 30.2 Å².